The molecule has 0 heterocycles. The maximum atomic E-state index is 12.3. The van der Waals surface area contributed by atoms with Gasteiger partial charge in [-0.15, -0.1) is 0 Å². The Kier molecular flexibility index (Phi) is 4.40. The zero-order chi connectivity index (χ0) is 13.1. The van der Waals surface area contributed by atoms with Gasteiger partial charge in [-0.3, -0.25) is 4.79 Å². The van der Waals surface area contributed by atoms with Gasteiger partial charge in [0.2, 0.25) is 0 Å². The zero-order valence-corrected chi connectivity index (χ0v) is 13.4. The molecule has 0 saturated carbocycles. The molecule has 0 bridgehead atoms. The Morgan fingerprint density at radius 2 is 1.83 bits per heavy atom. The summed E-state index contributed by atoms with van der Waals surface area (Å²) < 4.78 is 6.96. The number of halogens is 2. The first kappa shape index (κ1) is 13.5. The summed E-state index contributed by atoms with van der Waals surface area (Å²) in [6.45, 7) is 0. The molecule has 0 spiro atoms. The first-order chi connectivity index (χ1) is 8.61. The average molecular weight is 417 g/mol. The van der Waals surface area contributed by atoms with E-state index in [0.717, 1.165) is 13.8 Å². The summed E-state index contributed by atoms with van der Waals surface area (Å²) in [6.07, 6.45) is 0. The Morgan fingerprint density at radius 1 is 1.17 bits per heavy atom. The van der Waals surface area contributed by atoms with Gasteiger partial charge in [0.15, 0.2) is 5.78 Å². The monoisotopic (exact) mass is 416 g/mol. The number of methoxy groups -OCH3 is 1. The molecule has 2 rings (SSSR count). The molecule has 0 saturated heterocycles. The van der Waals surface area contributed by atoms with Crippen molar-refractivity contribution in [3.05, 3.63) is 61.6 Å². The quantitative estimate of drug-likeness (QED) is 0.551. The van der Waals surface area contributed by atoms with E-state index < -0.39 is 0 Å². The van der Waals surface area contributed by atoms with Crippen LogP contribution >= 0.6 is 38.5 Å². The van der Waals surface area contributed by atoms with Crippen molar-refractivity contribution >= 4 is 44.3 Å². The Bertz CT molecular complexity index is 579. The van der Waals surface area contributed by atoms with E-state index in [-0.39, 0.29) is 5.78 Å². The predicted octanol–water partition coefficient (Wildman–Crippen LogP) is 4.29. The summed E-state index contributed by atoms with van der Waals surface area (Å²) in [5.74, 6) is 0.724. The van der Waals surface area contributed by atoms with Gasteiger partial charge in [0.25, 0.3) is 0 Å². The highest BCUT2D eigenvalue weighted by Crippen LogP contribution is 2.25. The van der Waals surface area contributed by atoms with Crippen LogP contribution in [0, 0.1) is 3.57 Å². The molecule has 92 valence electrons. The lowest BCUT2D eigenvalue weighted by atomic mass is 10.0. The van der Waals surface area contributed by atoms with Crippen molar-refractivity contribution in [1.82, 2.24) is 0 Å². The van der Waals surface area contributed by atoms with E-state index in [1.165, 1.54) is 0 Å². The fraction of sp³-hybridized carbons (Fsp3) is 0.0714. The van der Waals surface area contributed by atoms with Crippen molar-refractivity contribution in [3.63, 3.8) is 0 Å². The summed E-state index contributed by atoms with van der Waals surface area (Å²) in [6, 6.07) is 12.9. The normalized spacial score (nSPS) is 10.2. The van der Waals surface area contributed by atoms with Crippen LogP contribution in [0.25, 0.3) is 0 Å². The molecule has 18 heavy (non-hydrogen) atoms. The average Bonchev–Trinajstić information content (AvgIpc) is 2.38. The van der Waals surface area contributed by atoms with Crippen molar-refractivity contribution in [1.29, 1.82) is 0 Å². The fourth-order valence-electron chi connectivity index (χ4n) is 1.56. The van der Waals surface area contributed by atoms with E-state index in [9.17, 15) is 4.79 Å². The molecular formula is C14H10BrIO2. The Balaban J connectivity index is 2.37. The van der Waals surface area contributed by atoms with Gasteiger partial charge in [-0.25, -0.2) is 0 Å². The Hall–Kier alpha value is -0.880. The first-order valence-electron chi connectivity index (χ1n) is 5.25. The molecule has 0 fully saturated rings. The molecular weight excluding hydrogens is 407 g/mol. The smallest absolute Gasteiger partial charge is 0.194 e. The largest absolute Gasteiger partial charge is 0.497 e. The third-order valence-electron chi connectivity index (χ3n) is 2.53. The highest BCUT2D eigenvalue weighted by Gasteiger charge is 2.13. The second kappa shape index (κ2) is 5.84. The van der Waals surface area contributed by atoms with Gasteiger partial charge in [-0.05, 0) is 81.0 Å². The number of benzene rings is 2. The van der Waals surface area contributed by atoms with E-state index in [4.69, 9.17) is 4.74 Å². The van der Waals surface area contributed by atoms with E-state index in [0.29, 0.717) is 11.1 Å². The predicted molar refractivity (Wildman–Crippen MR) is 83.3 cm³/mol. The molecule has 0 atom stereocenters. The molecule has 4 heteroatoms. The van der Waals surface area contributed by atoms with Crippen molar-refractivity contribution < 1.29 is 9.53 Å². The first-order valence-corrected chi connectivity index (χ1v) is 7.13. The van der Waals surface area contributed by atoms with Gasteiger partial charge in [-0.2, -0.15) is 0 Å². The van der Waals surface area contributed by atoms with Crippen LogP contribution < -0.4 is 4.74 Å². The van der Waals surface area contributed by atoms with Crippen molar-refractivity contribution in [2.45, 2.75) is 0 Å². The highest BCUT2D eigenvalue weighted by atomic mass is 127. The van der Waals surface area contributed by atoms with Crippen molar-refractivity contribution in [2.24, 2.45) is 0 Å². The summed E-state index contributed by atoms with van der Waals surface area (Å²) >= 11 is 5.61. The van der Waals surface area contributed by atoms with Crippen molar-refractivity contribution in [2.75, 3.05) is 7.11 Å². The molecule has 0 N–H and O–H groups in total. The molecule has 2 aromatic rings. The third-order valence-corrected chi connectivity index (χ3v) is 3.90. The van der Waals surface area contributed by atoms with Crippen LogP contribution in [0.4, 0.5) is 0 Å². The van der Waals surface area contributed by atoms with E-state index >= 15 is 0 Å². The van der Waals surface area contributed by atoms with Crippen LogP contribution in [-0.4, -0.2) is 12.9 Å². The van der Waals surface area contributed by atoms with Crippen LogP contribution in [0.5, 0.6) is 5.75 Å². The summed E-state index contributed by atoms with van der Waals surface area (Å²) in [7, 11) is 1.60. The fourth-order valence-corrected chi connectivity index (χ4v) is 2.46. The Labute approximate surface area is 128 Å². The molecule has 2 aromatic carbocycles. The second-order valence-corrected chi connectivity index (χ2v) is 5.78. The zero-order valence-electron chi connectivity index (χ0n) is 9.61. The van der Waals surface area contributed by atoms with E-state index in [1.807, 2.05) is 24.3 Å². The summed E-state index contributed by atoms with van der Waals surface area (Å²) in [5, 5.41) is 0. The number of ketones is 1. The van der Waals surface area contributed by atoms with Crippen molar-refractivity contribution in [3.8, 4) is 5.75 Å². The van der Waals surface area contributed by atoms with Gasteiger partial charge in [0, 0.05) is 19.2 Å². The molecule has 0 amide bonds. The van der Waals surface area contributed by atoms with Crippen LogP contribution in [0.15, 0.2) is 46.9 Å². The topological polar surface area (TPSA) is 26.3 Å². The SMILES string of the molecule is COc1ccc(C(=O)c2ccc(I)cc2)c(Br)c1. The molecule has 0 radical (unpaired) electrons. The van der Waals surface area contributed by atoms with Gasteiger partial charge in [0.1, 0.15) is 5.75 Å². The molecule has 0 aliphatic heterocycles. The van der Waals surface area contributed by atoms with Gasteiger partial charge >= 0.3 is 0 Å². The minimum atomic E-state index is 0.000859. The standard InChI is InChI=1S/C14H10BrIO2/c1-18-11-6-7-12(13(15)8-11)14(17)9-2-4-10(16)5-3-9/h2-8H,1H3. The van der Waals surface area contributed by atoms with Crippen LogP contribution in [0.3, 0.4) is 0 Å². The van der Waals surface area contributed by atoms with E-state index in [2.05, 4.69) is 38.5 Å². The lowest BCUT2D eigenvalue weighted by Crippen LogP contribution is -2.02. The second-order valence-electron chi connectivity index (χ2n) is 3.68. The maximum absolute atomic E-state index is 12.3. The van der Waals surface area contributed by atoms with E-state index in [1.54, 1.807) is 25.3 Å². The number of hydrogen-bond donors (Lipinski definition) is 0. The third kappa shape index (κ3) is 2.92. The number of hydrogen-bond acceptors (Lipinski definition) is 2. The van der Waals surface area contributed by atoms with Gasteiger partial charge < -0.3 is 4.74 Å². The molecule has 2 nitrogen and oxygen atoms in total. The number of carbonyl (C=O) groups excluding carboxylic acids is 1. The Morgan fingerprint density at radius 3 is 2.39 bits per heavy atom. The van der Waals surface area contributed by atoms with Crippen LogP contribution in [0.2, 0.25) is 0 Å². The highest BCUT2D eigenvalue weighted by molar-refractivity contribution is 14.1. The van der Waals surface area contributed by atoms with Crippen LogP contribution in [0.1, 0.15) is 15.9 Å². The molecule has 0 unspecified atom stereocenters. The number of carbonyl (C=O) groups is 1. The van der Waals surface area contributed by atoms with Gasteiger partial charge in [-0.1, -0.05) is 0 Å². The lowest BCUT2D eigenvalue weighted by molar-refractivity contribution is 0.103. The minimum absolute atomic E-state index is 0.000859. The molecule has 0 aliphatic carbocycles. The minimum Gasteiger partial charge on any atom is -0.497 e. The number of rotatable bonds is 3. The number of ether oxygens (including phenoxy) is 1. The van der Waals surface area contributed by atoms with Crippen LogP contribution in [-0.2, 0) is 0 Å². The summed E-state index contributed by atoms with van der Waals surface area (Å²) in [4.78, 5) is 12.3. The summed E-state index contributed by atoms with van der Waals surface area (Å²) in [5.41, 5.74) is 1.32. The van der Waals surface area contributed by atoms with Gasteiger partial charge in [0.05, 0.1) is 7.11 Å². The molecule has 0 aromatic heterocycles. The lowest BCUT2D eigenvalue weighted by Gasteiger charge is -2.06. The molecule has 0 aliphatic rings. The maximum Gasteiger partial charge on any atom is 0.194 e.